The molecule has 2 rings (SSSR count). The molecule has 6 heteroatoms. The Labute approximate surface area is 109 Å². The van der Waals surface area contributed by atoms with Gasteiger partial charge in [0.15, 0.2) is 0 Å². The van der Waals surface area contributed by atoms with Crippen LogP contribution in [0.4, 0.5) is 5.82 Å². The van der Waals surface area contributed by atoms with Gasteiger partial charge in [-0.2, -0.15) is 5.26 Å². The maximum Gasteiger partial charge on any atom is 0.329 e. The normalized spacial score (nSPS) is 17.6. The molecule has 0 aromatic carbocycles. The first-order chi connectivity index (χ1) is 8.49. The molecule has 1 aromatic rings. The first-order valence-corrected chi connectivity index (χ1v) is 5.93. The van der Waals surface area contributed by atoms with E-state index in [0.717, 1.165) is 12.8 Å². The molecule has 0 saturated heterocycles. The van der Waals surface area contributed by atoms with Crippen molar-refractivity contribution < 1.29 is 9.90 Å². The lowest BCUT2D eigenvalue weighted by atomic mass is 9.96. The monoisotopic (exact) mass is 265 g/mol. The summed E-state index contributed by atoms with van der Waals surface area (Å²) in [7, 11) is 0. The van der Waals surface area contributed by atoms with Crippen LogP contribution in [-0.4, -0.2) is 21.6 Å². The summed E-state index contributed by atoms with van der Waals surface area (Å²) in [6.45, 7) is 1.62. The van der Waals surface area contributed by atoms with Crippen LogP contribution in [0.1, 0.15) is 25.3 Å². The van der Waals surface area contributed by atoms with Gasteiger partial charge in [-0.1, -0.05) is 11.6 Å². The van der Waals surface area contributed by atoms with Crippen molar-refractivity contribution in [2.45, 2.75) is 25.3 Å². The number of pyridine rings is 1. The average molecular weight is 266 g/mol. The summed E-state index contributed by atoms with van der Waals surface area (Å²) in [4.78, 5) is 15.4. The molecule has 0 aliphatic heterocycles. The summed E-state index contributed by atoms with van der Waals surface area (Å²) < 4.78 is 0. The van der Waals surface area contributed by atoms with Crippen molar-refractivity contribution in [2.24, 2.45) is 5.92 Å². The Morgan fingerprint density at radius 3 is 2.89 bits per heavy atom. The van der Waals surface area contributed by atoms with Crippen LogP contribution in [0.2, 0.25) is 5.02 Å². The summed E-state index contributed by atoms with van der Waals surface area (Å²) in [5, 5.41) is 21.2. The summed E-state index contributed by atoms with van der Waals surface area (Å²) in [5.74, 6) is -0.628. The van der Waals surface area contributed by atoms with E-state index >= 15 is 0 Å². The standard InChI is InChI=1S/C12H12ClN3O2/c1-12(11(17)18,8-2-3-8)16-10-9(13)7(6-14)4-5-15-10/h4-5,8H,2-3H2,1H3,(H,15,16)(H,17,18). The van der Waals surface area contributed by atoms with Gasteiger partial charge in [-0.15, -0.1) is 0 Å². The van der Waals surface area contributed by atoms with Gasteiger partial charge in [-0.25, -0.2) is 9.78 Å². The van der Waals surface area contributed by atoms with E-state index in [0.29, 0.717) is 0 Å². The molecule has 0 bridgehead atoms. The molecule has 0 amide bonds. The Morgan fingerprint density at radius 1 is 1.72 bits per heavy atom. The zero-order valence-electron chi connectivity index (χ0n) is 9.77. The maximum atomic E-state index is 11.4. The second-order valence-corrected chi connectivity index (χ2v) is 4.92. The second kappa shape index (κ2) is 4.46. The van der Waals surface area contributed by atoms with Gasteiger partial charge < -0.3 is 10.4 Å². The van der Waals surface area contributed by atoms with Gasteiger partial charge in [-0.3, -0.25) is 0 Å². The number of carboxylic acids is 1. The third-order valence-corrected chi connectivity index (χ3v) is 3.61. The molecule has 1 atom stereocenters. The lowest BCUT2D eigenvalue weighted by Crippen LogP contribution is -2.45. The molecule has 5 nitrogen and oxygen atoms in total. The van der Waals surface area contributed by atoms with Crippen LogP contribution >= 0.6 is 11.6 Å². The molecule has 1 unspecified atom stereocenters. The summed E-state index contributed by atoms with van der Waals surface area (Å²) >= 11 is 6.00. The van der Waals surface area contributed by atoms with Gasteiger partial charge in [0.1, 0.15) is 22.4 Å². The summed E-state index contributed by atoms with van der Waals surface area (Å²) in [6, 6.07) is 3.42. The van der Waals surface area contributed by atoms with E-state index in [2.05, 4.69) is 10.3 Å². The highest BCUT2D eigenvalue weighted by atomic mass is 35.5. The second-order valence-electron chi connectivity index (χ2n) is 4.54. The minimum atomic E-state index is -1.09. The van der Waals surface area contributed by atoms with Crippen molar-refractivity contribution in [3.63, 3.8) is 0 Å². The number of nitriles is 1. The third-order valence-electron chi connectivity index (χ3n) is 3.23. The number of rotatable bonds is 4. The van der Waals surface area contributed by atoms with E-state index < -0.39 is 11.5 Å². The molecule has 1 aliphatic rings. The highest BCUT2D eigenvalue weighted by Crippen LogP contribution is 2.42. The molecule has 0 radical (unpaired) electrons. The van der Waals surface area contributed by atoms with Crippen molar-refractivity contribution in [1.82, 2.24) is 4.98 Å². The van der Waals surface area contributed by atoms with Crippen molar-refractivity contribution >= 4 is 23.4 Å². The van der Waals surface area contributed by atoms with E-state index in [1.54, 1.807) is 6.92 Å². The zero-order valence-corrected chi connectivity index (χ0v) is 10.5. The largest absolute Gasteiger partial charge is 0.480 e. The van der Waals surface area contributed by atoms with Crippen LogP contribution in [0.25, 0.3) is 0 Å². The van der Waals surface area contributed by atoms with E-state index in [9.17, 15) is 9.90 Å². The van der Waals surface area contributed by atoms with E-state index in [4.69, 9.17) is 16.9 Å². The van der Waals surface area contributed by atoms with Crippen LogP contribution in [0.15, 0.2) is 12.3 Å². The van der Waals surface area contributed by atoms with E-state index in [-0.39, 0.29) is 22.3 Å². The number of hydrogen-bond acceptors (Lipinski definition) is 4. The highest BCUT2D eigenvalue weighted by molar-refractivity contribution is 6.34. The maximum absolute atomic E-state index is 11.4. The van der Waals surface area contributed by atoms with Crippen molar-refractivity contribution in [3.8, 4) is 6.07 Å². The lowest BCUT2D eigenvalue weighted by Gasteiger charge is -2.27. The van der Waals surface area contributed by atoms with Crippen LogP contribution in [0, 0.1) is 17.2 Å². The number of aromatic nitrogens is 1. The lowest BCUT2D eigenvalue weighted by molar-refractivity contribution is -0.142. The summed E-state index contributed by atoms with van der Waals surface area (Å²) in [6.07, 6.45) is 3.17. The minimum absolute atomic E-state index is 0.0682. The van der Waals surface area contributed by atoms with Gasteiger partial charge in [0.25, 0.3) is 0 Å². The number of carboxylic acid groups (broad SMARTS) is 1. The Hall–Kier alpha value is -1.80. The quantitative estimate of drug-likeness (QED) is 0.872. The van der Waals surface area contributed by atoms with Gasteiger partial charge in [0.2, 0.25) is 0 Å². The first kappa shape index (κ1) is 12.7. The topological polar surface area (TPSA) is 86.0 Å². The fourth-order valence-electron chi connectivity index (χ4n) is 1.85. The number of nitrogens with zero attached hydrogens (tertiary/aromatic N) is 2. The number of carbonyl (C=O) groups is 1. The van der Waals surface area contributed by atoms with Crippen LogP contribution in [0.3, 0.4) is 0 Å². The molecule has 1 aliphatic carbocycles. The van der Waals surface area contributed by atoms with Gasteiger partial charge in [0.05, 0.1) is 5.56 Å². The molecule has 1 saturated carbocycles. The predicted molar refractivity (Wildman–Crippen MR) is 66.3 cm³/mol. The third kappa shape index (κ3) is 2.12. The molecule has 1 fully saturated rings. The first-order valence-electron chi connectivity index (χ1n) is 5.55. The Bertz CT molecular complexity index is 537. The molecule has 1 aromatic heterocycles. The summed E-state index contributed by atoms with van der Waals surface area (Å²) in [5.41, 5.74) is -0.817. The molecule has 18 heavy (non-hydrogen) atoms. The zero-order chi connectivity index (χ0) is 13.3. The average Bonchev–Trinajstić information content (AvgIpc) is 3.15. The number of anilines is 1. The Kier molecular flexibility index (Phi) is 3.14. The number of nitrogens with one attached hydrogen (secondary N) is 1. The van der Waals surface area contributed by atoms with Crippen LogP contribution < -0.4 is 5.32 Å². The van der Waals surface area contributed by atoms with Crippen LogP contribution in [0.5, 0.6) is 0 Å². The SMILES string of the molecule is CC(Nc1nccc(C#N)c1Cl)(C(=O)O)C1CC1. The van der Waals surface area contributed by atoms with Gasteiger partial charge in [-0.05, 0) is 31.7 Å². The molecular weight excluding hydrogens is 254 g/mol. The number of aliphatic carboxylic acids is 1. The van der Waals surface area contributed by atoms with Crippen molar-refractivity contribution in [2.75, 3.05) is 5.32 Å². The van der Waals surface area contributed by atoms with E-state index in [1.807, 2.05) is 6.07 Å². The number of hydrogen-bond donors (Lipinski definition) is 2. The van der Waals surface area contributed by atoms with Gasteiger partial charge in [0, 0.05) is 6.20 Å². The van der Waals surface area contributed by atoms with Crippen LogP contribution in [-0.2, 0) is 4.79 Å². The fourth-order valence-corrected chi connectivity index (χ4v) is 2.06. The Balaban J connectivity index is 2.33. The fraction of sp³-hybridized carbons (Fsp3) is 0.417. The van der Waals surface area contributed by atoms with E-state index in [1.165, 1.54) is 12.3 Å². The molecule has 1 heterocycles. The predicted octanol–water partition coefficient (Wildman–Crippen LogP) is 2.27. The molecule has 2 N–H and O–H groups in total. The van der Waals surface area contributed by atoms with Crippen molar-refractivity contribution in [3.05, 3.63) is 22.8 Å². The molecule has 94 valence electrons. The minimum Gasteiger partial charge on any atom is -0.480 e. The number of halogens is 1. The smallest absolute Gasteiger partial charge is 0.329 e. The molecular formula is C12H12ClN3O2. The molecule has 0 spiro atoms. The Morgan fingerprint density at radius 2 is 2.39 bits per heavy atom. The highest BCUT2D eigenvalue weighted by Gasteiger charge is 2.48. The van der Waals surface area contributed by atoms with Gasteiger partial charge >= 0.3 is 5.97 Å². The van der Waals surface area contributed by atoms with Crippen molar-refractivity contribution in [1.29, 1.82) is 5.26 Å².